The van der Waals surface area contributed by atoms with Gasteiger partial charge in [-0.3, -0.25) is 4.79 Å². The van der Waals surface area contributed by atoms with Crippen LogP contribution in [0.3, 0.4) is 0 Å². The van der Waals surface area contributed by atoms with E-state index in [2.05, 4.69) is 54.3 Å². The largest absolute Gasteiger partial charge is 0.478 e. The van der Waals surface area contributed by atoms with Crippen molar-refractivity contribution < 1.29 is 14.7 Å². The Morgan fingerprint density at radius 1 is 1.27 bits per heavy atom. The van der Waals surface area contributed by atoms with Crippen molar-refractivity contribution in [3.63, 3.8) is 0 Å². The van der Waals surface area contributed by atoms with Gasteiger partial charge in [-0.1, -0.05) is 60.5 Å². The van der Waals surface area contributed by atoms with E-state index in [4.69, 9.17) is 0 Å². The minimum absolute atomic E-state index is 0.0264. The van der Waals surface area contributed by atoms with Crippen molar-refractivity contribution >= 4 is 46.1 Å². The standard InChI is InChI=1S/C16H16BrNO3.C3H8.CH4S/c1-4-5-6-12(10(2)3)15(19)18-14-8-7-11(17)9-13(14)16(20)21;1-3-2;1-2/h4-9H,1H2,2-3H3,(H,18,19)(H,20,21);3H2,1-2H3;2H,1H3/b6-5-;;. The molecule has 144 valence electrons. The number of anilines is 1. The number of allylic oxidation sites excluding steroid dienone is 3. The Labute approximate surface area is 170 Å². The first-order valence-electron chi connectivity index (χ1n) is 8.03. The molecule has 0 heterocycles. The third kappa shape index (κ3) is 10.3. The zero-order chi connectivity index (χ0) is 20.7. The van der Waals surface area contributed by atoms with Crippen LogP contribution in [-0.2, 0) is 4.79 Å². The molecule has 0 aliphatic heterocycles. The quantitative estimate of drug-likeness (QED) is 0.292. The molecule has 2 N–H and O–H groups in total. The smallest absolute Gasteiger partial charge is 0.337 e. The van der Waals surface area contributed by atoms with E-state index < -0.39 is 5.97 Å². The molecule has 1 aromatic carbocycles. The summed E-state index contributed by atoms with van der Waals surface area (Å²) in [6.45, 7) is 11.4. The SMILES string of the molecule is C=C/C=C\C(C(=O)Nc1ccc(Br)cc1C(=O)O)=C(C)C.CCC.CS. The Morgan fingerprint density at radius 2 is 1.81 bits per heavy atom. The van der Waals surface area contributed by atoms with Gasteiger partial charge in [0.1, 0.15) is 0 Å². The van der Waals surface area contributed by atoms with Crippen molar-refractivity contribution in [1.82, 2.24) is 0 Å². The Bertz CT molecular complexity index is 663. The fourth-order valence-electron chi connectivity index (χ4n) is 1.63. The lowest BCUT2D eigenvalue weighted by Crippen LogP contribution is -2.16. The molecule has 1 rings (SSSR count). The first-order chi connectivity index (χ1) is 12.3. The van der Waals surface area contributed by atoms with Gasteiger partial charge in [0.05, 0.1) is 11.3 Å². The number of carbonyl (C=O) groups excluding carboxylic acids is 1. The second kappa shape index (κ2) is 15.5. The minimum Gasteiger partial charge on any atom is -0.478 e. The number of nitrogens with one attached hydrogen (secondary N) is 1. The predicted molar refractivity (Wildman–Crippen MR) is 118 cm³/mol. The summed E-state index contributed by atoms with van der Waals surface area (Å²) in [6.07, 6.45) is 7.80. The lowest BCUT2D eigenvalue weighted by atomic mass is 10.1. The van der Waals surface area contributed by atoms with Gasteiger partial charge in [0, 0.05) is 10.0 Å². The maximum Gasteiger partial charge on any atom is 0.337 e. The minimum atomic E-state index is -1.10. The van der Waals surface area contributed by atoms with Crippen LogP contribution in [0.15, 0.2) is 58.6 Å². The number of halogens is 1. The van der Waals surface area contributed by atoms with E-state index in [0.717, 1.165) is 5.57 Å². The van der Waals surface area contributed by atoms with Gasteiger partial charge in [-0.25, -0.2) is 4.79 Å². The van der Waals surface area contributed by atoms with Crippen LogP contribution in [0.4, 0.5) is 5.69 Å². The molecule has 1 aromatic rings. The van der Waals surface area contributed by atoms with Gasteiger partial charge in [-0.05, 0) is 44.4 Å². The molecule has 6 heteroatoms. The van der Waals surface area contributed by atoms with Crippen molar-refractivity contribution in [2.24, 2.45) is 0 Å². The van der Waals surface area contributed by atoms with Gasteiger partial charge in [0.25, 0.3) is 5.91 Å². The van der Waals surface area contributed by atoms with Crippen molar-refractivity contribution in [1.29, 1.82) is 0 Å². The summed E-state index contributed by atoms with van der Waals surface area (Å²) in [5.74, 6) is -1.47. The van der Waals surface area contributed by atoms with Crippen molar-refractivity contribution in [2.45, 2.75) is 34.1 Å². The third-order valence-corrected chi connectivity index (χ3v) is 3.14. The van der Waals surface area contributed by atoms with Gasteiger partial charge in [-0.15, -0.1) is 0 Å². The van der Waals surface area contributed by atoms with Crippen LogP contribution in [0, 0.1) is 0 Å². The van der Waals surface area contributed by atoms with Crippen LogP contribution >= 0.6 is 28.6 Å². The molecule has 0 saturated heterocycles. The molecule has 0 aliphatic rings. The average Bonchev–Trinajstić information content (AvgIpc) is 2.59. The van der Waals surface area contributed by atoms with Crippen LogP contribution in [0.2, 0.25) is 0 Å². The molecule has 0 aliphatic carbocycles. The van der Waals surface area contributed by atoms with Gasteiger partial charge < -0.3 is 10.4 Å². The molecule has 0 radical (unpaired) electrons. The number of aromatic carboxylic acids is 1. The van der Waals surface area contributed by atoms with Gasteiger partial charge in [0.2, 0.25) is 0 Å². The Balaban J connectivity index is 0. The average molecular weight is 442 g/mol. The summed E-state index contributed by atoms with van der Waals surface area (Å²) in [7, 11) is 0. The Morgan fingerprint density at radius 3 is 2.23 bits per heavy atom. The number of benzene rings is 1. The molecule has 0 bridgehead atoms. The highest BCUT2D eigenvalue weighted by atomic mass is 79.9. The number of hydrogen-bond acceptors (Lipinski definition) is 3. The fraction of sp³-hybridized carbons (Fsp3) is 0.300. The summed E-state index contributed by atoms with van der Waals surface area (Å²) in [5, 5.41) is 11.8. The monoisotopic (exact) mass is 441 g/mol. The van der Waals surface area contributed by atoms with E-state index in [1.54, 1.807) is 36.6 Å². The van der Waals surface area contributed by atoms with Crippen molar-refractivity contribution in [2.75, 3.05) is 11.6 Å². The maximum absolute atomic E-state index is 12.3. The van der Waals surface area contributed by atoms with E-state index in [1.807, 2.05) is 13.8 Å². The topological polar surface area (TPSA) is 66.4 Å². The zero-order valence-electron chi connectivity index (χ0n) is 16.0. The summed E-state index contributed by atoms with van der Waals surface area (Å²) in [6, 6.07) is 4.66. The lowest BCUT2D eigenvalue weighted by molar-refractivity contribution is -0.112. The first-order valence-corrected chi connectivity index (χ1v) is 9.72. The number of carbonyl (C=O) groups is 2. The third-order valence-electron chi connectivity index (χ3n) is 2.64. The Kier molecular flexibility index (Phi) is 15.7. The first kappa shape index (κ1) is 26.4. The molecule has 0 unspecified atom stereocenters. The second-order valence-electron chi connectivity index (χ2n) is 5.16. The fourth-order valence-corrected chi connectivity index (χ4v) is 1.99. The molecular formula is C20H28BrNO3S. The lowest BCUT2D eigenvalue weighted by Gasteiger charge is -2.10. The van der Waals surface area contributed by atoms with Crippen LogP contribution < -0.4 is 5.32 Å². The van der Waals surface area contributed by atoms with Gasteiger partial charge in [0.15, 0.2) is 0 Å². The van der Waals surface area contributed by atoms with Gasteiger partial charge in [-0.2, -0.15) is 12.6 Å². The molecule has 0 saturated carbocycles. The summed E-state index contributed by atoms with van der Waals surface area (Å²) >= 11 is 6.74. The molecule has 0 aromatic heterocycles. The van der Waals surface area contributed by atoms with E-state index in [1.165, 1.54) is 12.5 Å². The highest BCUT2D eigenvalue weighted by molar-refractivity contribution is 9.10. The molecule has 0 spiro atoms. The summed E-state index contributed by atoms with van der Waals surface area (Å²) in [5.41, 5.74) is 1.56. The van der Waals surface area contributed by atoms with Crippen LogP contribution in [0.1, 0.15) is 44.5 Å². The number of thiol groups is 1. The number of carboxylic acids is 1. The highest BCUT2D eigenvalue weighted by Gasteiger charge is 2.15. The maximum atomic E-state index is 12.3. The normalized spacial score (nSPS) is 9.19. The number of carboxylic acid groups (broad SMARTS) is 1. The van der Waals surface area contributed by atoms with Crippen molar-refractivity contribution in [3.05, 3.63) is 64.2 Å². The highest BCUT2D eigenvalue weighted by Crippen LogP contribution is 2.22. The number of amides is 1. The summed E-state index contributed by atoms with van der Waals surface area (Å²) < 4.78 is 0.631. The number of rotatable bonds is 5. The van der Waals surface area contributed by atoms with E-state index in [0.29, 0.717) is 10.0 Å². The Hall–Kier alpha value is -1.79. The van der Waals surface area contributed by atoms with Crippen LogP contribution in [0.5, 0.6) is 0 Å². The number of hydrogen-bond donors (Lipinski definition) is 3. The van der Waals surface area contributed by atoms with E-state index in [9.17, 15) is 14.7 Å². The molecule has 4 nitrogen and oxygen atoms in total. The molecule has 1 amide bonds. The van der Waals surface area contributed by atoms with E-state index >= 15 is 0 Å². The zero-order valence-corrected chi connectivity index (χ0v) is 18.4. The molecule has 26 heavy (non-hydrogen) atoms. The van der Waals surface area contributed by atoms with Crippen LogP contribution in [-0.4, -0.2) is 23.2 Å². The second-order valence-corrected chi connectivity index (χ2v) is 6.08. The van der Waals surface area contributed by atoms with Gasteiger partial charge >= 0.3 is 5.97 Å². The molecular weight excluding hydrogens is 414 g/mol. The van der Waals surface area contributed by atoms with E-state index in [-0.39, 0.29) is 17.2 Å². The predicted octanol–water partition coefficient (Wildman–Crippen LogP) is 6.13. The van der Waals surface area contributed by atoms with Crippen molar-refractivity contribution in [3.8, 4) is 0 Å². The van der Waals surface area contributed by atoms with Crippen LogP contribution in [0.25, 0.3) is 0 Å². The summed E-state index contributed by atoms with van der Waals surface area (Å²) in [4.78, 5) is 23.5. The molecule has 0 atom stereocenters. The molecule has 0 fully saturated rings.